The Kier molecular flexibility index (Phi) is 5.11. The number of anilines is 1. The van der Waals surface area contributed by atoms with Gasteiger partial charge >= 0.3 is 6.18 Å². The summed E-state index contributed by atoms with van der Waals surface area (Å²) in [6.07, 6.45) is -2.77. The van der Waals surface area contributed by atoms with Gasteiger partial charge in [0, 0.05) is 11.6 Å². The van der Waals surface area contributed by atoms with Crippen LogP contribution in [0.2, 0.25) is 0 Å². The molecule has 4 aromatic rings. The molecule has 0 saturated heterocycles. The molecule has 0 radical (unpaired) electrons. The first kappa shape index (κ1) is 19.2. The second kappa shape index (κ2) is 7.72. The van der Waals surface area contributed by atoms with Crippen LogP contribution in [-0.4, -0.2) is 4.98 Å². The molecule has 0 atom stereocenters. The van der Waals surface area contributed by atoms with E-state index in [1.807, 2.05) is 66.0 Å². The highest BCUT2D eigenvalue weighted by Crippen LogP contribution is 2.42. The maximum Gasteiger partial charge on any atom is 0.416 e. The molecular weight excluding hydrogens is 393 g/mol. The molecular formula is C23H17F3N2S. The number of nitrogens with one attached hydrogen (secondary N) is 1. The summed E-state index contributed by atoms with van der Waals surface area (Å²) >= 11 is 1.40. The van der Waals surface area contributed by atoms with Crippen LogP contribution in [0.25, 0.3) is 0 Å². The predicted octanol–water partition coefficient (Wildman–Crippen LogP) is 6.57. The maximum atomic E-state index is 13.5. The van der Waals surface area contributed by atoms with Gasteiger partial charge in [0.15, 0.2) is 5.13 Å². The summed E-state index contributed by atoms with van der Waals surface area (Å²) in [5.74, 6) is 0. The Labute approximate surface area is 170 Å². The van der Waals surface area contributed by atoms with E-state index < -0.39 is 17.3 Å². The number of benzene rings is 3. The quantitative estimate of drug-likeness (QED) is 0.377. The summed E-state index contributed by atoms with van der Waals surface area (Å²) in [7, 11) is 0. The lowest BCUT2D eigenvalue weighted by Crippen LogP contribution is -2.38. The highest BCUT2D eigenvalue weighted by atomic mass is 32.1. The molecule has 4 rings (SSSR count). The van der Waals surface area contributed by atoms with Crippen LogP contribution in [-0.2, 0) is 11.7 Å². The average Bonchev–Trinajstić information content (AvgIpc) is 3.26. The van der Waals surface area contributed by atoms with Gasteiger partial charge < -0.3 is 5.32 Å². The number of aromatic nitrogens is 1. The molecule has 1 heterocycles. The van der Waals surface area contributed by atoms with Crippen LogP contribution in [0.15, 0.2) is 96.5 Å². The first-order valence-corrected chi connectivity index (χ1v) is 9.84. The molecule has 0 aliphatic rings. The number of alkyl halides is 3. The van der Waals surface area contributed by atoms with Crippen molar-refractivity contribution in [2.75, 3.05) is 5.32 Å². The van der Waals surface area contributed by atoms with Crippen molar-refractivity contribution >= 4 is 16.5 Å². The van der Waals surface area contributed by atoms with Gasteiger partial charge in [-0.3, -0.25) is 0 Å². The first-order chi connectivity index (χ1) is 14.0. The third-order valence-electron chi connectivity index (χ3n) is 4.76. The van der Waals surface area contributed by atoms with E-state index in [2.05, 4.69) is 10.3 Å². The molecule has 0 spiro atoms. The van der Waals surface area contributed by atoms with Gasteiger partial charge in [-0.05, 0) is 28.8 Å². The van der Waals surface area contributed by atoms with Crippen LogP contribution in [0.1, 0.15) is 22.3 Å². The molecule has 1 N–H and O–H groups in total. The van der Waals surface area contributed by atoms with Crippen LogP contribution < -0.4 is 5.32 Å². The lowest BCUT2D eigenvalue weighted by atomic mass is 9.76. The van der Waals surface area contributed by atoms with Crippen LogP contribution in [0, 0.1) is 0 Å². The largest absolute Gasteiger partial charge is 0.416 e. The van der Waals surface area contributed by atoms with Crippen LogP contribution in [0.4, 0.5) is 18.3 Å². The summed E-state index contributed by atoms with van der Waals surface area (Å²) in [5, 5.41) is 5.89. The predicted molar refractivity (Wildman–Crippen MR) is 110 cm³/mol. The number of hydrogen-bond donors (Lipinski definition) is 1. The lowest BCUT2D eigenvalue weighted by molar-refractivity contribution is -0.137. The summed E-state index contributed by atoms with van der Waals surface area (Å²) in [6.45, 7) is 0. The topological polar surface area (TPSA) is 24.9 Å². The van der Waals surface area contributed by atoms with E-state index in [0.717, 1.165) is 17.2 Å². The van der Waals surface area contributed by atoms with E-state index in [9.17, 15) is 13.2 Å². The Hall–Kier alpha value is -3.12. The first-order valence-electron chi connectivity index (χ1n) is 8.96. The molecule has 0 saturated carbocycles. The van der Waals surface area contributed by atoms with Crippen LogP contribution in [0.3, 0.4) is 0 Å². The minimum absolute atomic E-state index is 0.486. The third-order valence-corrected chi connectivity index (χ3v) is 5.45. The van der Waals surface area contributed by atoms with Crippen molar-refractivity contribution in [2.24, 2.45) is 0 Å². The molecule has 0 unspecified atom stereocenters. The van der Waals surface area contributed by atoms with Crippen molar-refractivity contribution in [3.8, 4) is 0 Å². The highest BCUT2D eigenvalue weighted by molar-refractivity contribution is 7.13. The van der Waals surface area contributed by atoms with E-state index in [1.165, 1.54) is 23.5 Å². The smallest absolute Gasteiger partial charge is 0.344 e. The van der Waals surface area contributed by atoms with Crippen molar-refractivity contribution in [3.05, 3.63) is 119 Å². The van der Waals surface area contributed by atoms with E-state index in [4.69, 9.17) is 0 Å². The van der Waals surface area contributed by atoms with Crippen molar-refractivity contribution in [3.63, 3.8) is 0 Å². The van der Waals surface area contributed by atoms with Crippen molar-refractivity contribution in [1.82, 2.24) is 4.98 Å². The fraction of sp³-hybridized carbons (Fsp3) is 0.0870. The van der Waals surface area contributed by atoms with E-state index in [0.29, 0.717) is 10.7 Å². The highest BCUT2D eigenvalue weighted by Gasteiger charge is 2.39. The molecule has 0 amide bonds. The summed E-state index contributed by atoms with van der Waals surface area (Å²) in [6, 6.07) is 24.4. The van der Waals surface area contributed by atoms with Gasteiger partial charge in [0.1, 0.15) is 5.54 Å². The van der Waals surface area contributed by atoms with E-state index in [1.54, 1.807) is 12.3 Å². The second-order valence-corrected chi connectivity index (χ2v) is 7.42. The van der Waals surface area contributed by atoms with Crippen molar-refractivity contribution < 1.29 is 13.2 Å². The number of nitrogens with zero attached hydrogens (tertiary/aromatic N) is 1. The van der Waals surface area contributed by atoms with Crippen LogP contribution in [0.5, 0.6) is 0 Å². The summed E-state index contributed by atoms with van der Waals surface area (Å²) in [4.78, 5) is 4.33. The minimum Gasteiger partial charge on any atom is -0.344 e. The second-order valence-electron chi connectivity index (χ2n) is 6.52. The van der Waals surface area contributed by atoms with Gasteiger partial charge in [-0.2, -0.15) is 13.2 Å². The number of rotatable bonds is 5. The Morgan fingerprint density at radius 1 is 0.690 bits per heavy atom. The van der Waals surface area contributed by atoms with Gasteiger partial charge in [0.05, 0.1) is 5.56 Å². The zero-order valence-corrected chi connectivity index (χ0v) is 16.0. The number of thiazole rings is 1. The summed E-state index contributed by atoms with van der Waals surface area (Å²) in [5.41, 5.74) is 0.398. The lowest BCUT2D eigenvalue weighted by Gasteiger charge is -2.37. The molecule has 1 aromatic heterocycles. The van der Waals surface area contributed by atoms with Crippen molar-refractivity contribution in [1.29, 1.82) is 0 Å². The Bertz CT molecular complexity index is 1020. The fourth-order valence-electron chi connectivity index (χ4n) is 3.47. The van der Waals surface area contributed by atoms with E-state index >= 15 is 0 Å². The molecule has 0 fully saturated rings. The molecule has 3 aromatic carbocycles. The maximum absolute atomic E-state index is 13.5. The third kappa shape index (κ3) is 3.76. The monoisotopic (exact) mass is 410 g/mol. The molecule has 0 aliphatic carbocycles. The van der Waals surface area contributed by atoms with Gasteiger partial charge in [-0.1, -0.05) is 72.8 Å². The fourth-order valence-corrected chi connectivity index (χ4v) is 4.05. The van der Waals surface area contributed by atoms with Gasteiger partial charge in [-0.15, -0.1) is 11.3 Å². The molecule has 2 nitrogen and oxygen atoms in total. The molecule has 6 heteroatoms. The molecule has 146 valence electrons. The van der Waals surface area contributed by atoms with Crippen LogP contribution >= 0.6 is 11.3 Å². The normalized spacial score (nSPS) is 12.0. The minimum atomic E-state index is -4.43. The Morgan fingerprint density at radius 2 is 1.24 bits per heavy atom. The number of halogens is 3. The van der Waals surface area contributed by atoms with Gasteiger partial charge in [0.2, 0.25) is 0 Å². The zero-order chi connectivity index (χ0) is 20.3. The van der Waals surface area contributed by atoms with E-state index in [-0.39, 0.29) is 0 Å². The molecule has 29 heavy (non-hydrogen) atoms. The average molecular weight is 410 g/mol. The summed E-state index contributed by atoms with van der Waals surface area (Å²) < 4.78 is 40.5. The number of hydrogen-bond acceptors (Lipinski definition) is 3. The SMILES string of the molecule is FC(F)(F)c1cccc(C(Nc2nccs2)(c2ccccc2)c2ccccc2)c1. The Morgan fingerprint density at radius 3 is 1.76 bits per heavy atom. The molecule has 0 aliphatic heterocycles. The van der Waals surface area contributed by atoms with Gasteiger partial charge in [-0.25, -0.2) is 4.98 Å². The molecule has 0 bridgehead atoms. The Balaban J connectivity index is 2.02. The zero-order valence-electron chi connectivity index (χ0n) is 15.2. The van der Waals surface area contributed by atoms with Crippen molar-refractivity contribution in [2.45, 2.75) is 11.7 Å². The standard InChI is InChI=1S/C23H17F3N2S/c24-23(25,26)20-13-7-12-19(16-20)22(17-8-3-1-4-9-17,18-10-5-2-6-11-18)28-21-27-14-15-29-21/h1-16H,(H,27,28). The van der Waals surface area contributed by atoms with Gasteiger partial charge in [0.25, 0.3) is 0 Å².